The molecule has 0 spiro atoms. The van der Waals surface area contributed by atoms with Crippen molar-refractivity contribution < 1.29 is 22.6 Å². The number of benzene rings is 3. The van der Waals surface area contributed by atoms with Crippen LogP contribution in [0.2, 0.25) is 0 Å². The van der Waals surface area contributed by atoms with Crippen LogP contribution in [0.3, 0.4) is 0 Å². The largest absolute Gasteiger partial charge is 0.573 e. The Hall–Kier alpha value is -4.05. The van der Waals surface area contributed by atoms with E-state index in [9.17, 15) is 13.2 Å². The molecule has 1 aliphatic rings. The summed E-state index contributed by atoms with van der Waals surface area (Å²) >= 11 is 0. The van der Waals surface area contributed by atoms with Crippen molar-refractivity contribution in [3.05, 3.63) is 66.9 Å². The Morgan fingerprint density at radius 3 is 2.61 bits per heavy atom. The first-order valence-corrected chi connectivity index (χ1v) is 12.4. The monoisotopic (exact) mass is 523 g/mol. The molecule has 0 radical (unpaired) electrons. The van der Waals surface area contributed by atoms with Gasteiger partial charge >= 0.3 is 6.36 Å². The fourth-order valence-corrected chi connectivity index (χ4v) is 4.56. The number of fused-ring (bicyclic) bond motifs is 1. The predicted octanol–water partition coefficient (Wildman–Crippen LogP) is 6.77. The van der Waals surface area contributed by atoms with Gasteiger partial charge in [-0.15, -0.1) is 13.2 Å². The second-order valence-electron chi connectivity index (χ2n) is 9.14. The van der Waals surface area contributed by atoms with Crippen molar-refractivity contribution in [1.82, 2.24) is 15.1 Å². The van der Waals surface area contributed by atoms with E-state index in [1.54, 1.807) is 19.2 Å². The molecule has 10 heteroatoms. The number of hydrogen-bond donors (Lipinski definition) is 2. The number of nitrogens with one attached hydrogen (secondary N) is 2. The lowest BCUT2D eigenvalue weighted by molar-refractivity contribution is -0.274. The van der Waals surface area contributed by atoms with E-state index >= 15 is 0 Å². The van der Waals surface area contributed by atoms with Gasteiger partial charge in [0.1, 0.15) is 23.9 Å². The summed E-state index contributed by atoms with van der Waals surface area (Å²) in [4.78, 5) is 6.95. The van der Waals surface area contributed by atoms with Crippen molar-refractivity contribution in [3.8, 4) is 22.6 Å². The maximum atomic E-state index is 12.5. The second-order valence-corrected chi connectivity index (χ2v) is 9.14. The van der Waals surface area contributed by atoms with Gasteiger partial charge in [-0.1, -0.05) is 18.2 Å². The molecule has 0 aliphatic carbocycles. The minimum Gasteiger partial charge on any atom is -0.492 e. The molecule has 0 unspecified atom stereocenters. The smallest absolute Gasteiger partial charge is 0.492 e. The lowest BCUT2D eigenvalue weighted by atomic mass is 10.0. The second kappa shape index (κ2) is 11.1. The van der Waals surface area contributed by atoms with Gasteiger partial charge in [0, 0.05) is 29.8 Å². The molecule has 1 aliphatic heterocycles. The van der Waals surface area contributed by atoms with Crippen molar-refractivity contribution in [1.29, 1.82) is 0 Å². The summed E-state index contributed by atoms with van der Waals surface area (Å²) in [5.74, 6) is 1.01. The van der Waals surface area contributed by atoms with E-state index in [1.807, 2.05) is 36.4 Å². The summed E-state index contributed by atoms with van der Waals surface area (Å²) in [6, 6.07) is 17.3. The first-order chi connectivity index (χ1) is 18.3. The van der Waals surface area contributed by atoms with Gasteiger partial charge < -0.3 is 14.8 Å². The average Bonchev–Trinajstić information content (AvgIpc) is 3.55. The Bertz CT molecular complexity index is 1410. The zero-order valence-electron chi connectivity index (χ0n) is 20.9. The van der Waals surface area contributed by atoms with Crippen molar-refractivity contribution >= 4 is 28.1 Å². The Balaban J connectivity index is 1.28. The number of ether oxygens (including phenoxy) is 2. The quantitative estimate of drug-likeness (QED) is 0.197. The molecule has 38 heavy (non-hydrogen) atoms. The SMILES string of the molecule is CC(=Nc1ccc(-c2cc(OCCN3CCCC3)cc3[nH]ncc23)cc1)Nc1cccc(OC(F)(F)F)c1. The third-order valence-electron chi connectivity index (χ3n) is 6.28. The summed E-state index contributed by atoms with van der Waals surface area (Å²) in [6.45, 7) is 5.55. The number of amidine groups is 1. The summed E-state index contributed by atoms with van der Waals surface area (Å²) in [5, 5.41) is 11.2. The molecule has 0 saturated carbocycles. The Kier molecular flexibility index (Phi) is 7.50. The number of likely N-dealkylation sites (tertiary alicyclic amines) is 1. The van der Waals surface area contributed by atoms with Crippen LogP contribution in [-0.4, -0.2) is 53.5 Å². The topological polar surface area (TPSA) is 74.8 Å². The van der Waals surface area contributed by atoms with E-state index in [4.69, 9.17) is 4.74 Å². The molecule has 4 aromatic rings. The van der Waals surface area contributed by atoms with Crippen LogP contribution >= 0.6 is 0 Å². The summed E-state index contributed by atoms with van der Waals surface area (Å²) in [5.41, 5.74) is 4.02. The van der Waals surface area contributed by atoms with Crippen LogP contribution in [0.15, 0.2) is 71.9 Å². The number of aromatic nitrogens is 2. The molecular formula is C28H28F3N5O2. The molecule has 3 aromatic carbocycles. The predicted molar refractivity (Wildman–Crippen MR) is 142 cm³/mol. The fraction of sp³-hybridized carbons (Fsp3) is 0.286. The number of rotatable bonds is 8. The van der Waals surface area contributed by atoms with Gasteiger partial charge in [0.15, 0.2) is 0 Å². The van der Waals surface area contributed by atoms with E-state index in [-0.39, 0.29) is 5.75 Å². The van der Waals surface area contributed by atoms with Crippen LogP contribution in [0.5, 0.6) is 11.5 Å². The van der Waals surface area contributed by atoms with Crippen molar-refractivity contribution in [2.75, 3.05) is 31.6 Å². The highest BCUT2D eigenvalue weighted by molar-refractivity contribution is 5.97. The van der Waals surface area contributed by atoms with Gasteiger partial charge in [-0.25, -0.2) is 4.99 Å². The van der Waals surface area contributed by atoms with Crippen molar-refractivity contribution in [2.45, 2.75) is 26.1 Å². The van der Waals surface area contributed by atoms with Crippen LogP contribution in [0.4, 0.5) is 24.5 Å². The molecular weight excluding hydrogens is 495 g/mol. The lowest BCUT2D eigenvalue weighted by Crippen LogP contribution is -2.25. The van der Waals surface area contributed by atoms with E-state index in [0.29, 0.717) is 23.8 Å². The number of nitrogens with zero attached hydrogens (tertiary/aromatic N) is 3. The van der Waals surface area contributed by atoms with Crippen molar-refractivity contribution in [2.24, 2.45) is 4.99 Å². The molecule has 0 atom stereocenters. The number of aromatic amines is 1. The Morgan fingerprint density at radius 1 is 1.05 bits per heavy atom. The summed E-state index contributed by atoms with van der Waals surface area (Å²) < 4.78 is 47.6. The highest BCUT2D eigenvalue weighted by Gasteiger charge is 2.31. The average molecular weight is 524 g/mol. The van der Waals surface area contributed by atoms with Gasteiger partial charge in [-0.2, -0.15) is 5.10 Å². The number of hydrogen-bond acceptors (Lipinski definition) is 5. The molecule has 1 aromatic heterocycles. The van der Waals surface area contributed by atoms with Crippen molar-refractivity contribution in [3.63, 3.8) is 0 Å². The molecule has 0 bridgehead atoms. The number of H-pyrrole nitrogens is 1. The zero-order chi connectivity index (χ0) is 26.5. The minimum atomic E-state index is -4.75. The Morgan fingerprint density at radius 2 is 1.84 bits per heavy atom. The number of anilines is 1. The van der Waals surface area contributed by atoms with E-state index in [0.717, 1.165) is 47.4 Å². The molecule has 1 fully saturated rings. The third-order valence-corrected chi connectivity index (χ3v) is 6.28. The van der Waals surface area contributed by atoms with Crippen LogP contribution in [0.25, 0.3) is 22.0 Å². The van der Waals surface area contributed by atoms with Gasteiger partial charge in [-0.05, 0) is 74.3 Å². The minimum absolute atomic E-state index is 0.299. The van der Waals surface area contributed by atoms with E-state index in [2.05, 4.69) is 30.1 Å². The van der Waals surface area contributed by atoms with Crippen LogP contribution in [0, 0.1) is 0 Å². The van der Waals surface area contributed by atoms with Gasteiger partial charge in [0.05, 0.1) is 17.4 Å². The Labute approximate surface area is 218 Å². The fourth-order valence-electron chi connectivity index (χ4n) is 4.56. The first kappa shape index (κ1) is 25.6. The van der Waals surface area contributed by atoms with E-state index in [1.165, 1.54) is 31.0 Å². The first-order valence-electron chi connectivity index (χ1n) is 12.4. The summed E-state index contributed by atoms with van der Waals surface area (Å²) in [7, 11) is 0. The lowest BCUT2D eigenvalue weighted by Gasteiger charge is -2.15. The van der Waals surface area contributed by atoms with Crippen LogP contribution in [0.1, 0.15) is 19.8 Å². The molecule has 7 nitrogen and oxygen atoms in total. The van der Waals surface area contributed by atoms with E-state index < -0.39 is 6.36 Å². The van der Waals surface area contributed by atoms with Gasteiger partial charge in [0.2, 0.25) is 0 Å². The molecule has 1 saturated heterocycles. The van der Waals surface area contributed by atoms with Crippen LogP contribution in [-0.2, 0) is 0 Å². The highest BCUT2D eigenvalue weighted by Crippen LogP contribution is 2.33. The van der Waals surface area contributed by atoms with Crippen LogP contribution < -0.4 is 14.8 Å². The molecule has 2 N–H and O–H groups in total. The molecule has 0 amide bonds. The standard InChI is InChI=1S/C28H28F3N5O2/c1-19(34-22-5-4-6-23(15-22)38-28(29,30)31)33-21-9-7-20(8-10-21)25-16-24(17-27-26(25)18-32-35-27)37-14-13-36-11-2-3-12-36/h4-10,15-18H,2-3,11-14H2,1H3,(H,32,35)(H,33,34). The summed E-state index contributed by atoms with van der Waals surface area (Å²) in [6.07, 6.45) is -0.436. The normalized spacial score (nSPS) is 14.7. The number of alkyl halides is 3. The number of halogens is 3. The molecule has 198 valence electrons. The third kappa shape index (κ3) is 6.63. The van der Waals surface area contributed by atoms with Gasteiger partial charge in [0.25, 0.3) is 0 Å². The van der Waals surface area contributed by atoms with Gasteiger partial charge in [-0.3, -0.25) is 10.00 Å². The molecule has 5 rings (SSSR count). The number of aliphatic imine (C=N–C) groups is 1. The maximum absolute atomic E-state index is 12.5. The molecule has 2 heterocycles. The maximum Gasteiger partial charge on any atom is 0.573 e. The zero-order valence-corrected chi connectivity index (χ0v) is 20.9. The highest BCUT2D eigenvalue weighted by atomic mass is 19.4.